The normalized spacial score (nSPS) is 21.4. The summed E-state index contributed by atoms with van der Waals surface area (Å²) >= 11 is 0. The Morgan fingerprint density at radius 3 is 2.58 bits per heavy atom. The summed E-state index contributed by atoms with van der Waals surface area (Å²) in [4.78, 5) is 2.05. The van der Waals surface area contributed by atoms with Crippen molar-refractivity contribution in [1.29, 1.82) is 0 Å². The van der Waals surface area contributed by atoms with E-state index in [2.05, 4.69) is 5.10 Å². The van der Waals surface area contributed by atoms with Crippen molar-refractivity contribution in [2.24, 2.45) is 0 Å². The largest absolute Gasteiger partial charge is 0.380 e. The van der Waals surface area contributed by atoms with E-state index in [0.29, 0.717) is 29.8 Å². The van der Waals surface area contributed by atoms with Crippen LogP contribution in [0, 0.1) is 0 Å². The molecule has 26 heavy (non-hydrogen) atoms. The van der Waals surface area contributed by atoms with Gasteiger partial charge in [-0.3, -0.25) is 8.99 Å². The van der Waals surface area contributed by atoms with Crippen molar-refractivity contribution in [2.45, 2.75) is 36.9 Å². The minimum Gasteiger partial charge on any atom is -0.380 e. The van der Waals surface area contributed by atoms with E-state index in [9.17, 15) is 13.5 Å². The SMILES string of the molecule is CCn1ncc2c1S(=O)(=O)N(C)c1ccccc1C2(O)CCCN(C)C. The number of sulfonamides is 1. The molecule has 1 aromatic carbocycles. The van der Waals surface area contributed by atoms with Gasteiger partial charge >= 0.3 is 0 Å². The molecule has 1 N–H and O–H groups in total. The number of anilines is 1. The zero-order valence-corrected chi connectivity index (χ0v) is 16.5. The minimum absolute atomic E-state index is 0.0750. The second-order valence-corrected chi connectivity index (χ2v) is 8.82. The van der Waals surface area contributed by atoms with Gasteiger partial charge in [0.1, 0.15) is 5.60 Å². The van der Waals surface area contributed by atoms with Gasteiger partial charge in [0, 0.05) is 24.7 Å². The van der Waals surface area contributed by atoms with Gasteiger partial charge in [-0.05, 0) is 46.5 Å². The van der Waals surface area contributed by atoms with Gasteiger partial charge < -0.3 is 10.0 Å². The highest BCUT2D eigenvalue weighted by Crippen LogP contribution is 2.46. The third-order valence-electron chi connectivity index (χ3n) is 4.97. The molecule has 0 aliphatic carbocycles. The molecule has 2 heterocycles. The Balaban J connectivity index is 2.27. The summed E-state index contributed by atoms with van der Waals surface area (Å²) in [7, 11) is 1.66. The molecule has 0 amide bonds. The summed E-state index contributed by atoms with van der Waals surface area (Å²) in [5.41, 5.74) is 0.0422. The Hall–Kier alpha value is -1.90. The minimum atomic E-state index is -3.82. The highest BCUT2D eigenvalue weighted by molar-refractivity contribution is 7.92. The van der Waals surface area contributed by atoms with E-state index in [1.807, 2.05) is 32.0 Å². The van der Waals surface area contributed by atoms with Crippen LogP contribution < -0.4 is 4.31 Å². The standard InChI is InChI=1S/C18H26N4O3S/c1-5-22-17-15(13-19-22)18(23,11-8-12-20(2)3)14-9-6-7-10-16(14)21(4)26(17,24)25/h6-7,9-10,13,23H,5,8,11-12H2,1-4H3. The van der Waals surface area contributed by atoms with Crippen LogP contribution in [0.4, 0.5) is 5.69 Å². The van der Waals surface area contributed by atoms with Crippen LogP contribution in [-0.2, 0) is 22.2 Å². The van der Waals surface area contributed by atoms with Crippen molar-refractivity contribution in [1.82, 2.24) is 14.7 Å². The van der Waals surface area contributed by atoms with Gasteiger partial charge in [0.15, 0.2) is 5.03 Å². The molecule has 1 atom stereocenters. The first-order valence-electron chi connectivity index (χ1n) is 8.75. The lowest BCUT2D eigenvalue weighted by molar-refractivity contribution is 0.0643. The maximum absolute atomic E-state index is 13.2. The van der Waals surface area contributed by atoms with Crippen LogP contribution in [0.25, 0.3) is 0 Å². The van der Waals surface area contributed by atoms with Gasteiger partial charge in [-0.25, -0.2) is 0 Å². The van der Waals surface area contributed by atoms with E-state index in [1.54, 1.807) is 18.2 Å². The molecule has 8 heteroatoms. The van der Waals surface area contributed by atoms with Crippen LogP contribution in [0.1, 0.15) is 30.9 Å². The van der Waals surface area contributed by atoms with E-state index in [1.165, 1.54) is 22.2 Å². The van der Waals surface area contributed by atoms with E-state index >= 15 is 0 Å². The van der Waals surface area contributed by atoms with Gasteiger partial charge in [-0.2, -0.15) is 13.5 Å². The Labute approximate surface area is 154 Å². The molecule has 1 aliphatic rings. The average molecular weight is 378 g/mol. The molecule has 0 fully saturated rings. The van der Waals surface area contributed by atoms with Crippen molar-refractivity contribution >= 4 is 15.7 Å². The molecule has 3 rings (SSSR count). The molecular formula is C18H26N4O3S. The molecule has 142 valence electrons. The lowest BCUT2D eigenvalue weighted by atomic mass is 9.83. The first-order valence-corrected chi connectivity index (χ1v) is 10.2. The number of aromatic nitrogens is 2. The number of hydrogen-bond donors (Lipinski definition) is 1. The van der Waals surface area contributed by atoms with Crippen LogP contribution in [-0.4, -0.2) is 55.9 Å². The van der Waals surface area contributed by atoms with E-state index < -0.39 is 15.6 Å². The lowest BCUT2D eigenvalue weighted by Gasteiger charge is -2.29. The summed E-state index contributed by atoms with van der Waals surface area (Å²) < 4.78 is 29.2. The molecule has 0 saturated heterocycles. The molecule has 1 aromatic heterocycles. The second kappa shape index (κ2) is 6.68. The van der Waals surface area contributed by atoms with Gasteiger partial charge in [-0.15, -0.1) is 0 Å². The summed E-state index contributed by atoms with van der Waals surface area (Å²) in [5, 5.41) is 16.1. The number of rotatable bonds is 5. The van der Waals surface area contributed by atoms with Crippen molar-refractivity contribution < 1.29 is 13.5 Å². The Kier molecular flexibility index (Phi) is 4.85. The van der Waals surface area contributed by atoms with E-state index in [0.717, 1.165) is 13.0 Å². The highest BCUT2D eigenvalue weighted by Gasteiger charge is 2.46. The number of nitrogens with zero attached hydrogens (tertiary/aromatic N) is 4. The number of fused-ring (bicyclic) bond motifs is 2. The highest BCUT2D eigenvalue weighted by atomic mass is 32.2. The molecule has 0 bridgehead atoms. The van der Waals surface area contributed by atoms with Crippen LogP contribution >= 0.6 is 0 Å². The first kappa shape index (κ1) is 18.9. The molecule has 0 saturated carbocycles. The third kappa shape index (κ3) is 2.82. The average Bonchev–Trinajstić information content (AvgIpc) is 3.04. The van der Waals surface area contributed by atoms with Crippen LogP contribution in [0.3, 0.4) is 0 Å². The molecule has 0 spiro atoms. The first-order chi connectivity index (χ1) is 12.2. The molecule has 1 unspecified atom stereocenters. The molecular weight excluding hydrogens is 352 g/mol. The fourth-order valence-electron chi connectivity index (χ4n) is 3.58. The smallest absolute Gasteiger partial charge is 0.281 e. The van der Waals surface area contributed by atoms with Crippen molar-refractivity contribution in [3.05, 3.63) is 41.6 Å². The summed E-state index contributed by atoms with van der Waals surface area (Å²) in [5.74, 6) is 0. The van der Waals surface area contributed by atoms with Gasteiger partial charge in [-0.1, -0.05) is 18.2 Å². The fourth-order valence-corrected chi connectivity index (χ4v) is 5.20. The predicted octanol–water partition coefficient (Wildman–Crippen LogP) is 1.62. The summed E-state index contributed by atoms with van der Waals surface area (Å²) in [6, 6.07) is 7.15. The van der Waals surface area contributed by atoms with Crippen molar-refractivity contribution in [3.8, 4) is 0 Å². The maximum atomic E-state index is 13.2. The third-order valence-corrected chi connectivity index (χ3v) is 6.81. The monoisotopic (exact) mass is 378 g/mol. The van der Waals surface area contributed by atoms with E-state index in [-0.39, 0.29) is 5.03 Å². The van der Waals surface area contributed by atoms with Crippen molar-refractivity contribution in [3.63, 3.8) is 0 Å². The van der Waals surface area contributed by atoms with Crippen LogP contribution in [0.5, 0.6) is 0 Å². The summed E-state index contributed by atoms with van der Waals surface area (Å²) in [6.07, 6.45) is 2.63. The number of benzene rings is 1. The predicted molar refractivity (Wildman–Crippen MR) is 101 cm³/mol. The zero-order valence-electron chi connectivity index (χ0n) is 15.7. The Morgan fingerprint density at radius 1 is 1.23 bits per heavy atom. The summed E-state index contributed by atoms with van der Waals surface area (Å²) in [6.45, 7) is 3.04. The fraction of sp³-hybridized carbons (Fsp3) is 0.500. The number of aryl methyl sites for hydroxylation is 1. The second-order valence-electron chi connectivity index (χ2n) is 6.94. The Morgan fingerprint density at radius 2 is 1.92 bits per heavy atom. The topological polar surface area (TPSA) is 78.7 Å². The molecule has 1 aliphatic heterocycles. The van der Waals surface area contributed by atoms with Gasteiger partial charge in [0.2, 0.25) is 0 Å². The molecule has 0 radical (unpaired) electrons. The number of hydrogen-bond acceptors (Lipinski definition) is 5. The lowest BCUT2D eigenvalue weighted by Crippen LogP contribution is -2.29. The van der Waals surface area contributed by atoms with Crippen LogP contribution in [0.2, 0.25) is 0 Å². The van der Waals surface area contributed by atoms with Gasteiger partial charge in [0.25, 0.3) is 10.0 Å². The number of aliphatic hydroxyl groups is 1. The van der Waals surface area contributed by atoms with Gasteiger partial charge in [0.05, 0.1) is 11.9 Å². The van der Waals surface area contributed by atoms with Crippen LogP contribution in [0.15, 0.2) is 35.5 Å². The Bertz CT molecular complexity index is 907. The quantitative estimate of drug-likeness (QED) is 0.855. The van der Waals surface area contributed by atoms with E-state index in [4.69, 9.17) is 0 Å². The maximum Gasteiger partial charge on any atom is 0.281 e. The number of para-hydroxylation sites is 1. The molecule has 2 aromatic rings. The van der Waals surface area contributed by atoms with Crippen molar-refractivity contribution in [2.75, 3.05) is 32.0 Å². The zero-order chi connectivity index (χ0) is 19.1. The molecule has 7 nitrogen and oxygen atoms in total.